The highest BCUT2D eigenvalue weighted by Gasteiger charge is 2.23. The van der Waals surface area contributed by atoms with Crippen LogP contribution in [0.5, 0.6) is 0 Å². The third-order valence-electron chi connectivity index (χ3n) is 3.09. The summed E-state index contributed by atoms with van der Waals surface area (Å²) in [7, 11) is 0. The van der Waals surface area contributed by atoms with Crippen molar-refractivity contribution >= 4 is 23.1 Å². The highest BCUT2D eigenvalue weighted by molar-refractivity contribution is 5.98. The molecular formula is C14H17N3O6. The number of nitro benzene ring substituents is 2. The van der Waals surface area contributed by atoms with Crippen LogP contribution in [0.15, 0.2) is 18.2 Å². The average Bonchev–Trinajstić information content (AvgIpc) is 2.45. The SMILES string of the molecule is CC(=O)C(CC(C)C)NC(=O)c1cc([N+](=O)[O-])cc([N+](=O)[O-])c1. The van der Waals surface area contributed by atoms with Crippen molar-refractivity contribution in [1.29, 1.82) is 0 Å². The quantitative estimate of drug-likeness (QED) is 0.604. The Bertz CT molecular complexity index is 624. The molecule has 0 aliphatic carbocycles. The number of rotatable bonds is 7. The topological polar surface area (TPSA) is 132 Å². The van der Waals surface area contributed by atoms with Gasteiger partial charge >= 0.3 is 0 Å². The zero-order chi connectivity index (χ0) is 17.7. The Kier molecular flexibility index (Phi) is 5.88. The lowest BCUT2D eigenvalue weighted by Gasteiger charge is -2.17. The molecule has 9 nitrogen and oxygen atoms in total. The van der Waals surface area contributed by atoms with Gasteiger partial charge in [-0.1, -0.05) is 13.8 Å². The van der Waals surface area contributed by atoms with Gasteiger partial charge in [0.05, 0.1) is 27.5 Å². The molecule has 1 rings (SSSR count). The van der Waals surface area contributed by atoms with Crippen LogP contribution in [0.3, 0.4) is 0 Å². The lowest BCUT2D eigenvalue weighted by atomic mass is 10.0. The number of hydrogen-bond donors (Lipinski definition) is 1. The summed E-state index contributed by atoms with van der Waals surface area (Å²) in [6.07, 6.45) is 0.401. The fourth-order valence-electron chi connectivity index (χ4n) is 1.98. The molecule has 0 saturated carbocycles. The Balaban J connectivity index is 3.13. The van der Waals surface area contributed by atoms with Gasteiger partial charge in [0, 0.05) is 12.1 Å². The first-order chi connectivity index (χ1) is 10.6. The van der Waals surface area contributed by atoms with Gasteiger partial charge in [-0.25, -0.2) is 0 Å². The van der Waals surface area contributed by atoms with Crippen molar-refractivity contribution in [1.82, 2.24) is 5.32 Å². The van der Waals surface area contributed by atoms with E-state index in [2.05, 4.69) is 5.32 Å². The van der Waals surface area contributed by atoms with Crippen LogP contribution in [-0.4, -0.2) is 27.6 Å². The van der Waals surface area contributed by atoms with Crippen LogP contribution in [-0.2, 0) is 4.79 Å². The number of carbonyl (C=O) groups excluding carboxylic acids is 2. The molecule has 0 aliphatic heterocycles. The Morgan fingerprint density at radius 1 is 1.09 bits per heavy atom. The van der Waals surface area contributed by atoms with Crippen LogP contribution in [0.1, 0.15) is 37.6 Å². The normalized spacial score (nSPS) is 11.8. The standard InChI is InChI=1S/C14H17N3O6/c1-8(2)4-13(9(3)18)15-14(19)10-5-11(16(20)21)7-12(6-10)17(22)23/h5-8,13H,4H2,1-3H3,(H,15,19). The second kappa shape index (κ2) is 7.43. The molecule has 23 heavy (non-hydrogen) atoms. The minimum absolute atomic E-state index is 0.142. The number of hydrogen-bond acceptors (Lipinski definition) is 6. The predicted octanol–water partition coefficient (Wildman–Crippen LogP) is 2.24. The molecule has 1 N–H and O–H groups in total. The number of nitro groups is 2. The van der Waals surface area contributed by atoms with Crippen LogP contribution in [0.4, 0.5) is 11.4 Å². The van der Waals surface area contributed by atoms with Gasteiger partial charge in [-0.05, 0) is 19.3 Å². The minimum atomic E-state index is -0.819. The van der Waals surface area contributed by atoms with Crippen LogP contribution >= 0.6 is 0 Å². The van der Waals surface area contributed by atoms with E-state index in [0.29, 0.717) is 6.42 Å². The summed E-state index contributed by atoms with van der Waals surface area (Å²) in [4.78, 5) is 43.8. The summed E-state index contributed by atoms with van der Waals surface area (Å²) in [6, 6.07) is 1.90. The van der Waals surface area contributed by atoms with Crippen LogP contribution in [0.25, 0.3) is 0 Å². The molecule has 0 aromatic heterocycles. The summed E-state index contributed by atoms with van der Waals surface area (Å²) in [5.74, 6) is -0.881. The molecule has 1 atom stereocenters. The minimum Gasteiger partial charge on any atom is -0.342 e. The Morgan fingerprint density at radius 2 is 1.57 bits per heavy atom. The van der Waals surface area contributed by atoms with E-state index >= 15 is 0 Å². The highest BCUT2D eigenvalue weighted by Crippen LogP contribution is 2.23. The van der Waals surface area contributed by atoms with E-state index in [-0.39, 0.29) is 17.3 Å². The molecule has 1 unspecified atom stereocenters. The first-order valence-electron chi connectivity index (χ1n) is 6.87. The second-order valence-corrected chi connectivity index (χ2v) is 5.52. The zero-order valence-electron chi connectivity index (χ0n) is 12.9. The van der Waals surface area contributed by atoms with Gasteiger partial charge in [0.1, 0.15) is 0 Å². The van der Waals surface area contributed by atoms with Gasteiger partial charge in [0.25, 0.3) is 17.3 Å². The summed E-state index contributed by atoms with van der Waals surface area (Å²) in [5, 5.41) is 24.1. The second-order valence-electron chi connectivity index (χ2n) is 5.52. The van der Waals surface area contributed by atoms with Crippen LogP contribution in [0.2, 0.25) is 0 Å². The number of nitrogens with zero attached hydrogens (tertiary/aromatic N) is 2. The fraction of sp³-hybridized carbons (Fsp3) is 0.429. The molecule has 0 aliphatic rings. The Morgan fingerprint density at radius 3 is 1.91 bits per heavy atom. The lowest BCUT2D eigenvalue weighted by molar-refractivity contribution is -0.394. The van der Waals surface area contributed by atoms with Crippen molar-refractivity contribution in [3.8, 4) is 0 Å². The smallest absolute Gasteiger partial charge is 0.277 e. The molecule has 9 heteroatoms. The number of ketones is 1. The first kappa shape index (κ1) is 18.2. The summed E-state index contributed by atoms with van der Waals surface area (Å²) in [5.41, 5.74) is -1.36. The van der Waals surface area contributed by atoms with E-state index in [4.69, 9.17) is 0 Å². The highest BCUT2D eigenvalue weighted by atomic mass is 16.6. The number of Topliss-reactive ketones (excluding diaryl/α,β-unsaturated/α-hetero) is 1. The number of nitrogens with one attached hydrogen (secondary N) is 1. The largest absolute Gasteiger partial charge is 0.342 e. The third-order valence-corrected chi connectivity index (χ3v) is 3.09. The van der Waals surface area contributed by atoms with Crippen molar-refractivity contribution in [3.63, 3.8) is 0 Å². The van der Waals surface area contributed by atoms with Crippen molar-refractivity contribution in [2.24, 2.45) is 5.92 Å². The molecule has 0 heterocycles. The average molecular weight is 323 g/mol. The van der Waals surface area contributed by atoms with Gasteiger partial charge in [-0.15, -0.1) is 0 Å². The van der Waals surface area contributed by atoms with Crippen LogP contribution in [0, 0.1) is 26.1 Å². The molecule has 1 aromatic rings. The lowest BCUT2D eigenvalue weighted by Crippen LogP contribution is -2.40. The number of amides is 1. The number of non-ortho nitro benzene ring substituents is 2. The van der Waals surface area contributed by atoms with Gasteiger partial charge in [-0.2, -0.15) is 0 Å². The van der Waals surface area contributed by atoms with Crippen molar-refractivity contribution in [3.05, 3.63) is 44.0 Å². The Hall–Kier alpha value is -2.84. The van der Waals surface area contributed by atoms with Gasteiger partial charge in [0.2, 0.25) is 0 Å². The van der Waals surface area contributed by atoms with E-state index in [1.807, 2.05) is 13.8 Å². The van der Waals surface area contributed by atoms with Crippen molar-refractivity contribution in [2.45, 2.75) is 33.2 Å². The first-order valence-corrected chi connectivity index (χ1v) is 6.87. The Labute approximate surface area is 132 Å². The fourth-order valence-corrected chi connectivity index (χ4v) is 1.98. The summed E-state index contributed by atoms with van der Waals surface area (Å²) < 4.78 is 0. The zero-order valence-corrected chi connectivity index (χ0v) is 12.9. The number of carbonyl (C=O) groups is 2. The van der Waals surface area contributed by atoms with E-state index in [0.717, 1.165) is 18.2 Å². The van der Waals surface area contributed by atoms with Crippen molar-refractivity contribution < 1.29 is 19.4 Å². The van der Waals surface area contributed by atoms with Crippen molar-refractivity contribution in [2.75, 3.05) is 0 Å². The molecule has 1 amide bonds. The molecular weight excluding hydrogens is 306 g/mol. The van der Waals surface area contributed by atoms with E-state index < -0.39 is 33.2 Å². The van der Waals surface area contributed by atoms with E-state index in [9.17, 15) is 29.8 Å². The van der Waals surface area contributed by atoms with Gasteiger partial charge in [-0.3, -0.25) is 29.8 Å². The summed E-state index contributed by atoms with van der Waals surface area (Å²) >= 11 is 0. The molecule has 1 aromatic carbocycles. The van der Waals surface area contributed by atoms with Gasteiger partial charge in [0.15, 0.2) is 5.78 Å². The molecule has 124 valence electrons. The molecule has 0 spiro atoms. The monoisotopic (exact) mass is 323 g/mol. The maximum atomic E-state index is 12.2. The molecule has 0 saturated heterocycles. The van der Waals surface area contributed by atoms with Gasteiger partial charge < -0.3 is 5.32 Å². The van der Waals surface area contributed by atoms with E-state index in [1.54, 1.807) is 0 Å². The maximum absolute atomic E-state index is 12.2. The third kappa shape index (κ3) is 5.13. The van der Waals surface area contributed by atoms with Crippen LogP contribution < -0.4 is 5.32 Å². The maximum Gasteiger partial charge on any atom is 0.277 e. The number of benzene rings is 1. The summed E-state index contributed by atoms with van der Waals surface area (Å²) in [6.45, 7) is 5.07. The van der Waals surface area contributed by atoms with E-state index in [1.165, 1.54) is 6.92 Å². The molecule has 0 radical (unpaired) electrons. The molecule has 0 bridgehead atoms. The predicted molar refractivity (Wildman–Crippen MR) is 81.1 cm³/mol. The molecule has 0 fully saturated rings.